The van der Waals surface area contributed by atoms with E-state index in [9.17, 15) is 0 Å². The van der Waals surface area contributed by atoms with Crippen molar-refractivity contribution >= 4 is 5.69 Å². The quantitative estimate of drug-likeness (QED) is 0.312. The molecule has 0 fully saturated rings. The maximum atomic E-state index is 5.89. The lowest BCUT2D eigenvalue weighted by molar-refractivity contribution is 0.302. The first-order valence-electron chi connectivity index (χ1n) is 8.40. The van der Waals surface area contributed by atoms with Crippen molar-refractivity contribution in [3.8, 4) is 5.75 Å². The second-order valence-corrected chi connectivity index (χ2v) is 5.68. The van der Waals surface area contributed by atoms with Gasteiger partial charge in [0.25, 0.3) is 0 Å². The van der Waals surface area contributed by atoms with Gasteiger partial charge in [-0.25, -0.2) is 0 Å². The zero-order valence-corrected chi connectivity index (χ0v) is 13.6. The van der Waals surface area contributed by atoms with Gasteiger partial charge in [-0.15, -0.1) is 6.58 Å². The number of nitrogen functional groups attached to an aromatic ring is 1. The van der Waals surface area contributed by atoms with E-state index in [2.05, 4.69) is 13.5 Å². The van der Waals surface area contributed by atoms with E-state index in [1.54, 1.807) is 0 Å². The number of anilines is 1. The van der Waals surface area contributed by atoms with Crippen molar-refractivity contribution in [1.82, 2.24) is 0 Å². The molecule has 2 nitrogen and oxygen atoms in total. The van der Waals surface area contributed by atoms with E-state index in [0.29, 0.717) is 0 Å². The number of ether oxygens (including phenoxy) is 1. The number of benzene rings is 1. The maximum absolute atomic E-state index is 5.89. The third-order valence-electron chi connectivity index (χ3n) is 3.70. The van der Waals surface area contributed by atoms with Crippen molar-refractivity contribution in [2.45, 2.75) is 64.7 Å². The predicted molar refractivity (Wildman–Crippen MR) is 92.9 cm³/mol. The smallest absolute Gasteiger partial charge is 0.122 e. The lowest BCUT2D eigenvalue weighted by Gasteiger charge is -2.11. The van der Waals surface area contributed by atoms with E-state index in [1.807, 2.05) is 24.3 Å². The molecule has 0 heterocycles. The minimum Gasteiger partial charge on any atom is -0.493 e. The first-order chi connectivity index (χ1) is 10.3. The average Bonchev–Trinajstić information content (AvgIpc) is 2.48. The molecule has 0 saturated heterocycles. The van der Waals surface area contributed by atoms with E-state index >= 15 is 0 Å². The van der Waals surface area contributed by atoms with Gasteiger partial charge in [-0.3, -0.25) is 0 Å². The van der Waals surface area contributed by atoms with Crippen molar-refractivity contribution in [1.29, 1.82) is 0 Å². The molecule has 0 aliphatic carbocycles. The molecule has 21 heavy (non-hydrogen) atoms. The van der Waals surface area contributed by atoms with E-state index < -0.39 is 0 Å². The largest absolute Gasteiger partial charge is 0.493 e. The van der Waals surface area contributed by atoms with Crippen LogP contribution in [0.4, 0.5) is 5.69 Å². The van der Waals surface area contributed by atoms with Gasteiger partial charge >= 0.3 is 0 Å². The molecule has 0 aliphatic rings. The highest BCUT2D eigenvalue weighted by Gasteiger charge is 2.03. The summed E-state index contributed by atoms with van der Waals surface area (Å²) in [5, 5.41) is 0. The molecule has 1 rings (SSSR count). The molecule has 0 amide bonds. The molecule has 0 unspecified atom stereocenters. The molecular formula is C19H31NO. The second kappa shape index (κ2) is 11.2. The van der Waals surface area contributed by atoms with Crippen molar-refractivity contribution < 1.29 is 4.74 Å². The van der Waals surface area contributed by atoms with Crippen LogP contribution in [0.3, 0.4) is 0 Å². The van der Waals surface area contributed by atoms with Crippen LogP contribution in [0.5, 0.6) is 5.75 Å². The Kier molecular flexibility index (Phi) is 9.43. The average molecular weight is 289 g/mol. The first kappa shape index (κ1) is 17.6. The Morgan fingerprint density at radius 3 is 2.38 bits per heavy atom. The van der Waals surface area contributed by atoms with Crippen LogP contribution in [0, 0.1) is 0 Å². The number of hydrogen-bond donors (Lipinski definition) is 1. The van der Waals surface area contributed by atoms with E-state index in [-0.39, 0.29) is 0 Å². The van der Waals surface area contributed by atoms with E-state index in [0.717, 1.165) is 36.4 Å². The van der Waals surface area contributed by atoms with Gasteiger partial charge in [0.15, 0.2) is 0 Å². The van der Waals surface area contributed by atoms with Crippen LogP contribution in [-0.2, 0) is 6.42 Å². The minimum atomic E-state index is 0.784. The van der Waals surface area contributed by atoms with Gasteiger partial charge < -0.3 is 10.5 Å². The standard InChI is InChI=1S/C19H31NO/c1-3-5-6-7-8-9-10-11-15-21-19-14-13-18(20)16-17(19)12-4-2/h4,13-14,16H,2-3,5-12,15,20H2,1H3. The Morgan fingerprint density at radius 2 is 1.71 bits per heavy atom. The second-order valence-electron chi connectivity index (χ2n) is 5.68. The summed E-state index contributed by atoms with van der Waals surface area (Å²) in [6.07, 6.45) is 13.3. The summed E-state index contributed by atoms with van der Waals surface area (Å²) in [6.45, 7) is 6.84. The number of unbranched alkanes of at least 4 members (excludes halogenated alkanes) is 7. The summed E-state index contributed by atoms with van der Waals surface area (Å²) in [5.41, 5.74) is 7.73. The molecule has 2 heteroatoms. The molecule has 1 aromatic carbocycles. The maximum Gasteiger partial charge on any atom is 0.122 e. The first-order valence-corrected chi connectivity index (χ1v) is 8.40. The van der Waals surface area contributed by atoms with E-state index in [4.69, 9.17) is 10.5 Å². The molecule has 0 aromatic heterocycles. The number of hydrogen-bond acceptors (Lipinski definition) is 2. The van der Waals surface area contributed by atoms with Gasteiger partial charge in [-0.05, 0) is 36.6 Å². The number of nitrogens with two attached hydrogens (primary N) is 1. The highest BCUT2D eigenvalue weighted by Crippen LogP contribution is 2.22. The summed E-state index contributed by atoms with van der Waals surface area (Å²) in [6, 6.07) is 5.85. The molecular weight excluding hydrogens is 258 g/mol. The Hall–Kier alpha value is -1.44. The molecule has 2 N–H and O–H groups in total. The summed E-state index contributed by atoms with van der Waals surface area (Å²) in [7, 11) is 0. The van der Waals surface area contributed by atoms with Crippen LogP contribution in [-0.4, -0.2) is 6.61 Å². The van der Waals surface area contributed by atoms with Crippen LogP contribution in [0.25, 0.3) is 0 Å². The fraction of sp³-hybridized carbons (Fsp3) is 0.579. The Labute approximate surface area is 130 Å². The summed E-state index contributed by atoms with van der Waals surface area (Å²) < 4.78 is 5.89. The number of rotatable bonds is 12. The van der Waals surface area contributed by atoms with Crippen molar-refractivity contribution in [3.05, 3.63) is 36.4 Å². The monoisotopic (exact) mass is 289 g/mol. The third kappa shape index (κ3) is 7.79. The van der Waals surface area contributed by atoms with Crippen LogP contribution in [0.2, 0.25) is 0 Å². The van der Waals surface area contributed by atoms with Crippen molar-refractivity contribution in [2.24, 2.45) is 0 Å². The van der Waals surface area contributed by atoms with Crippen LogP contribution >= 0.6 is 0 Å². The molecule has 0 radical (unpaired) electrons. The van der Waals surface area contributed by atoms with Gasteiger partial charge in [0.2, 0.25) is 0 Å². The Balaban J connectivity index is 2.16. The molecule has 0 aliphatic heterocycles. The fourth-order valence-electron chi connectivity index (χ4n) is 2.47. The molecule has 1 aromatic rings. The minimum absolute atomic E-state index is 0.784. The highest BCUT2D eigenvalue weighted by molar-refractivity contribution is 5.48. The summed E-state index contributed by atoms with van der Waals surface area (Å²) in [5.74, 6) is 0.951. The zero-order valence-electron chi connectivity index (χ0n) is 13.6. The van der Waals surface area contributed by atoms with Crippen LogP contribution < -0.4 is 10.5 Å². The van der Waals surface area contributed by atoms with Crippen molar-refractivity contribution in [2.75, 3.05) is 12.3 Å². The third-order valence-corrected chi connectivity index (χ3v) is 3.70. The van der Waals surface area contributed by atoms with Crippen LogP contribution in [0.15, 0.2) is 30.9 Å². The Bertz CT molecular complexity index is 401. The van der Waals surface area contributed by atoms with Gasteiger partial charge in [0.1, 0.15) is 5.75 Å². The lowest BCUT2D eigenvalue weighted by Crippen LogP contribution is -2.01. The van der Waals surface area contributed by atoms with Crippen molar-refractivity contribution in [3.63, 3.8) is 0 Å². The number of allylic oxidation sites excluding steroid dienone is 1. The molecule has 0 bridgehead atoms. The molecule has 0 spiro atoms. The summed E-state index contributed by atoms with van der Waals surface area (Å²) >= 11 is 0. The SMILES string of the molecule is C=CCc1cc(N)ccc1OCCCCCCCCCC. The van der Waals surface area contributed by atoms with Gasteiger partial charge in [0, 0.05) is 5.69 Å². The van der Waals surface area contributed by atoms with Gasteiger partial charge in [0.05, 0.1) is 6.61 Å². The van der Waals surface area contributed by atoms with Gasteiger partial charge in [-0.1, -0.05) is 57.9 Å². The van der Waals surface area contributed by atoms with E-state index in [1.165, 1.54) is 44.9 Å². The normalized spacial score (nSPS) is 10.5. The fourth-order valence-corrected chi connectivity index (χ4v) is 2.47. The molecule has 0 atom stereocenters. The van der Waals surface area contributed by atoms with Crippen LogP contribution in [0.1, 0.15) is 63.9 Å². The summed E-state index contributed by atoms with van der Waals surface area (Å²) in [4.78, 5) is 0. The molecule has 118 valence electrons. The molecule has 0 saturated carbocycles. The lowest BCUT2D eigenvalue weighted by atomic mass is 10.1. The highest BCUT2D eigenvalue weighted by atomic mass is 16.5. The predicted octanol–water partition coefficient (Wildman–Crippen LogP) is 5.52. The van der Waals surface area contributed by atoms with Gasteiger partial charge in [-0.2, -0.15) is 0 Å². The topological polar surface area (TPSA) is 35.2 Å². The Morgan fingerprint density at radius 1 is 1.05 bits per heavy atom. The zero-order chi connectivity index (χ0) is 15.3.